The first-order valence-corrected chi connectivity index (χ1v) is 12.8. The number of nitrogens with zero attached hydrogens (tertiary/aromatic N) is 2. The number of amides is 1. The van der Waals surface area contributed by atoms with Gasteiger partial charge in [-0.3, -0.25) is 9.69 Å². The molecule has 1 aliphatic heterocycles. The van der Waals surface area contributed by atoms with Crippen LogP contribution in [0.5, 0.6) is 0 Å². The molecule has 1 saturated heterocycles. The van der Waals surface area contributed by atoms with Crippen molar-refractivity contribution in [2.45, 2.75) is 34.8 Å². The maximum absolute atomic E-state index is 13.0. The molecule has 2 aromatic rings. The van der Waals surface area contributed by atoms with Crippen molar-refractivity contribution in [3.05, 3.63) is 53.6 Å². The van der Waals surface area contributed by atoms with Gasteiger partial charge in [-0.15, -0.1) is 0 Å². The van der Waals surface area contributed by atoms with Crippen molar-refractivity contribution in [1.29, 1.82) is 0 Å². The number of piperazine rings is 1. The molecular weight excluding hydrogens is 456 g/mol. The minimum atomic E-state index is -3.57. The van der Waals surface area contributed by atoms with Gasteiger partial charge in [0.15, 0.2) is 0 Å². The van der Waals surface area contributed by atoms with Crippen LogP contribution in [0, 0.1) is 0 Å². The summed E-state index contributed by atoms with van der Waals surface area (Å²) in [6, 6.07) is 11.8. The van der Waals surface area contributed by atoms with E-state index in [0.29, 0.717) is 53.4 Å². The van der Waals surface area contributed by atoms with Crippen LogP contribution in [0.15, 0.2) is 52.3 Å². The zero-order chi connectivity index (χ0) is 22.7. The number of sulfonamides is 1. The van der Waals surface area contributed by atoms with Crippen molar-refractivity contribution in [3.63, 3.8) is 0 Å². The Bertz CT molecular complexity index is 1090. The van der Waals surface area contributed by atoms with Gasteiger partial charge in [0.1, 0.15) is 0 Å². The van der Waals surface area contributed by atoms with Gasteiger partial charge in [0.05, 0.1) is 17.1 Å². The molecule has 172 valence electrons. The third-order valence-corrected chi connectivity index (χ3v) is 8.47. The first kappa shape index (κ1) is 23.2. The van der Waals surface area contributed by atoms with Crippen LogP contribution < -0.4 is 5.32 Å². The summed E-state index contributed by atoms with van der Waals surface area (Å²) in [7, 11) is -3.57. The van der Waals surface area contributed by atoms with Crippen molar-refractivity contribution in [2.75, 3.05) is 38.0 Å². The number of nitrogens with one attached hydrogen (secondary N) is 1. The number of rotatable bonds is 7. The number of halogens is 2. The van der Waals surface area contributed by atoms with Crippen molar-refractivity contribution >= 4 is 33.4 Å². The fourth-order valence-corrected chi connectivity index (χ4v) is 6.22. The van der Waals surface area contributed by atoms with Crippen molar-refractivity contribution < 1.29 is 22.0 Å². The second kappa shape index (κ2) is 9.86. The van der Waals surface area contributed by atoms with Gasteiger partial charge < -0.3 is 5.32 Å². The summed E-state index contributed by atoms with van der Waals surface area (Å²) >= 11 is 0.386. The van der Waals surface area contributed by atoms with Crippen LogP contribution in [0.2, 0.25) is 0 Å². The lowest BCUT2D eigenvalue weighted by Crippen LogP contribution is -2.50. The number of para-hydroxylation sites is 1. The van der Waals surface area contributed by atoms with Crippen molar-refractivity contribution in [2.24, 2.45) is 0 Å². The van der Waals surface area contributed by atoms with E-state index in [1.807, 2.05) is 11.0 Å². The van der Waals surface area contributed by atoms with E-state index in [1.54, 1.807) is 30.3 Å². The number of carbonyl (C=O) groups is 1. The van der Waals surface area contributed by atoms with Gasteiger partial charge in [0.25, 0.3) is 5.76 Å². The molecular formula is C22H25F2N3O3S2. The van der Waals surface area contributed by atoms with Crippen LogP contribution in [0.1, 0.15) is 17.5 Å². The number of hydrogen-bond acceptors (Lipinski definition) is 5. The molecule has 0 spiro atoms. The van der Waals surface area contributed by atoms with Crippen LogP contribution in [-0.4, -0.2) is 62.0 Å². The minimum absolute atomic E-state index is 0.0699. The largest absolute Gasteiger partial charge is 0.324 e. The van der Waals surface area contributed by atoms with Gasteiger partial charge in [-0.2, -0.15) is 13.1 Å². The Balaban J connectivity index is 1.33. The fraction of sp³-hybridized carbons (Fsp3) is 0.409. The third kappa shape index (κ3) is 5.31. The Morgan fingerprint density at radius 1 is 1.03 bits per heavy atom. The molecule has 0 aromatic heterocycles. The Morgan fingerprint density at radius 3 is 2.50 bits per heavy atom. The molecule has 4 rings (SSSR count). The second-order valence-electron chi connectivity index (χ2n) is 7.89. The van der Waals surface area contributed by atoms with E-state index in [2.05, 4.69) is 5.32 Å². The lowest BCUT2D eigenvalue weighted by atomic mass is 10.1. The molecule has 2 aromatic carbocycles. The Morgan fingerprint density at radius 2 is 1.75 bits per heavy atom. The van der Waals surface area contributed by atoms with E-state index in [9.17, 15) is 22.0 Å². The average Bonchev–Trinajstić information content (AvgIpc) is 3.23. The lowest BCUT2D eigenvalue weighted by molar-refractivity contribution is -0.117. The molecule has 10 heteroatoms. The van der Waals surface area contributed by atoms with Crippen LogP contribution >= 0.6 is 11.8 Å². The van der Waals surface area contributed by atoms with Gasteiger partial charge in [-0.1, -0.05) is 30.0 Å². The van der Waals surface area contributed by atoms with Gasteiger partial charge in [0, 0.05) is 31.1 Å². The highest BCUT2D eigenvalue weighted by Crippen LogP contribution is 2.31. The zero-order valence-electron chi connectivity index (χ0n) is 17.5. The summed E-state index contributed by atoms with van der Waals surface area (Å²) in [6.07, 6.45) is 2.98. The Labute approximate surface area is 191 Å². The highest BCUT2D eigenvalue weighted by Gasteiger charge is 2.30. The number of anilines is 1. The van der Waals surface area contributed by atoms with E-state index in [1.165, 1.54) is 15.9 Å². The number of fused-ring (bicyclic) bond motifs is 1. The van der Waals surface area contributed by atoms with Crippen LogP contribution in [-0.2, 0) is 27.7 Å². The molecule has 0 atom stereocenters. The van der Waals surface area contributed by atoms with E-state index in [0.717, 1.165) is 24.8 Å². The summed E-state index contributed by atoms with van der Waals surface area (Å²) in [5, 5.41) is 2.69. The first-order valence-electron chi connectivity index (χ1n) is 10.5. The summed E-state index contributed by atoms with van der Waals surface area (Å²) in [5.74, 6) is -2.89. The molecule has 1 amide bonds. The molecule has 0 bridgehead atoms. The third-order valence-electron chi connectivity index (χ3n) is 5.78. The molecule has 1 fully saturated rings. The van der Waals surface area contributed by atoms with E-state index in [-0.39, 0.29) is 12.5 Å². The number of alkyl halides is 2. The second-order valence-corrected chi connectivity index (χ2v) is 10.9. The predicted molar refractivity (Wildman–Crippen MR) is 121 cm³/mol. The lowest BCUT2D eigenvalue weighted by Gasteiger charge is -2.33. The van der Waals surface area contributed by atoms with Gasteiger partial charge in [-0.25, -0.2) is 8.42 Å². The van der Waals surface area contributed by atoms with Gasteiger partial charge in [0.2, 0.25) is 15.9 Å². The summed E-state index contributed by atoms with van der Waals surface area (Å²) in [4.78, 5) is 15.0. The quantitative estimate of drug-likeness (QED) is 0.614. The van der Waals surface area contributed by atoms with E-state index >= 15 is 0 Å². The Hall–Kier alpha value is -2.01. The molecule has 0 saturated carbocycles. The molecule has 0 unspecified atom stereocenters. The number of thioether (sulfide) groups is 1. The highest BCUT2D eigenvalue weighted by molar-refractivity contribution is 7.99. The Kier molecular flexibility index (Phi) is 7.14. The molecule has 1 N–H and O–H groups in total. The monoisotopic (exact) mass is 481 g/mol. The molecule has 2 aliphatic rings. The summed E-state index contributed by atoms with van der Waals surface area (Å²) in [6.45, 7) is 1.51. The number of benzene rings is 2. The zero-order valence-corrected chi connectivity index (χ0v) is 19.1. The van der Waals surface area contributed by atoms with Crippen molar-refractivity contribution in [1.82, 2.24) is 9.21 Å². The fourth-order valence-electron chi connectivity index (χ4n) is 4.15. The van der Waals surface area contributed by atoms with Gasteiger partial charge >= 0.3 is 0 Å². The first-order chi connectivity index (χ1) is 15.3. The maximum Gasteiger partial charge on any atom is 0.288 e. The summed E-state index contributed by atoms with van der Waals surface area (Å²) < 4.78 is 53.0. The van der Waals surface area contributed by atoms with Crippen LogP contribution in [0.4, 0.5) is 14.5 Å². The maximum atomic E-state index is 13.0. The molecule has 1 heterocycles. The minimum Gasteiger partial charge on any atom is -0.324 e. The smallest absolute Gasteiger partial charge is 0.288 e. The standard InChI is InChI=1S/C22H25F2N3O3S2/c23-22(24)31-20-7-2-1-6-19(20)25-21(28)15-26-10-12-27(13-11-26)32(29,30)18-9-8-16-4-3-5-17(16)14-18/h1-2,6-9,14,22H,3-5,10-13,15H2,(H,25,28). The summed E-state index contributed by atoms with van der Waals surface area (Å²) in [5.41, 5.74) is 2.69. The number of hydrogen-bond donors (Lipinski definition) is 1. The number of carbonyl (C=O) groups excluding carboxylic acids is 1. The topological polar surface area (TPSA) is 69.7 Å². The molecule has 1 aliphatic carbocycles. The van der Waals surface area contributed by atoms with Crippen molar-refractivity contribution in [3.8, 4) is 0 Å². The normalized spacial score (nSPS) is 17.5. The molecule has 6 nitrogen and oxygen atoms in total. The average molecular weight is 482 g/mol. The SMILES string of the molecule is O=C(CN1CCN(S(=O)(=O)c2ccc3c(c2)CCC3)CC1)Nc1ccccc1SC(F)F. The van der Waals surface area contributed by atoms with Crippen LogP contribution in [0.25, 0.3) is 0 Å². The predicted octanol–water partition coefficient (Wildman–Crippen LogP) is 3.44. The van der Waals surface area contributed by atoms with Gasteiger partial charge in [-0.05, 0) is 54.7 Å². The molecule has 32 heavy (non-hydrogen) atoms. The van der Waals surface area contributed by atoms with Crippen LogP contribution in [0.3, 0.4) is 0 Å². The van der Waals surface area contributed by atoms with E-state index < -0.39 is 15.8 Å². The van der Waals surface area contributed by atoms with E-state index in [4.69, 9.17) is 0 Å². The highest BCUT2D eigenvalue weighted by atomic mass is 32.2. The number of aryl methyl sites for hydroxylation is 2. The molecule has 0 radical (unpaired) electrons.